The van der Waals surface area contributed by atoms with Crippen LogP contribution in [0, 0.1) is 5.92 Å². The maximum atomic E-state index is 6.63. The zero-order valence-corrected chi connectivity index (χ0v) is 26.4. The molecule has 0 spiro atoms. The number of rotatable bonds is 12. The summed E-state index contributed by atoms with van der Waals surface area (Å²) in [5, 5.41) is 2.01. The van der Waals surface area contributed by atoms with Crippen molar-refractivity contribution in [1.82, 2.24) is 0 Å². The summed E-state index contributed by atoms with van der Waals surface area (Å²) < 4.78 is 12.1. The number of hydrogen-bond donors (Lipinski definition) is 0. The molecule has 174 valence electrons. The van der Waals surface area contributed by atoms with Gasteiger partial charge < -0.3 is 8.85 Å². The molecule has 0 atom stereocenters. The van der Waals surface area contributed by atoms with E-state index in [-0.39, 0.29) is 26.2 Å². The van der Waals surface area contributed by atoms with Crippen LogP contribution in [0.5, 0.6) is 0 Å². The van der Waals surface area contributed by atoms with Crippen molar-refractivity contribution in [2.24, 2.45) is 5.92 Å². The number of hydrogen-bond acceptors (Lipinski definition) is 2. The minimum absolute atomic E-state index is 0. The molecule has 0 aromatic carbocycles. The van der Waals surface area contributed by atoms with E-state index >= 15 is 0 Å². The molecule has 0 amide bonds. The number of halogens is 2. The first-order valence-corrected chi connectivity index (χ1v) is 18.9. The Kier molecular flexibility index (Phi) is 12.5. The second kappa shape index (κ2) is 13.0. The van der Waals surface area contributed by atoms with Crippen LogP contribution in [-0.4, -0.2) is 29.8 Å². The maximum absolute atomic E-state index is 6.63. The Morgan fingerprint density at radius 3 is 1.45 bits per heavy atom. The zero-order valence-electron chi connectivity index (χ0n) is 20.5. The Balaban J connectivity index is 0.00000480. The van der Waals surface area contributed by atoms with Crippen molar-refractivity contribution in [3.63, 3.8) is 0 Å². The van der Waals surface area contributed by atoms with Gasteiger partial charge in [0.1, 0.15) is 0 Å². The van der Waals surface area contributed by atoms with Gasteiger partial charge in [-0.25, -0.2) is 0 Å². The fraction of sp³-hybridized carbons (Fsp3) is 0.667. The Labute approximate surface area is 221 Å². The van der Waals surface area contributed by atoms with Crippen LogP contribution in [0.4, 0.5) is 0 Å². The van der Waals surface area contributed by atoms with Crippen LogP contribution in [-0.2, 0) is 35.1 Å². The average Bonchev–Trinajstić information content (AvgIpc) is 3.16. The van der Waals surface area contributed by atoms with Crippen molar-refractivity contribution in [3.8, 4) is 0 Å². The minimum atomic E-state index is -1.46. The Morgan fingerprint density at radius 1 is 0.774 bits per heavy atom. The van der Waals surface area contributed by atoms with Gasteiger partial charge in [-0.15, -0.1) is 0 Å². The van der Waals surface area contributed by atoms with Gasteiger partial charge >= 0.3 is 0 Å². The molecule has 31 heavy (non-hydrogen) atoms. The first-order valence-electron chi connectivity index (χ1n) is 11.3. The van der Waals surface area contributed by atoms with Gasteiger partial charge in [-0.2, -0.15) is 0 Å². The molecule has 0 aromatic heterocycles. The van der Waals surface area contributed by atoms with Gasteiger partial charge in [-0.05, 0) is 87.3 Å². The summed E-state index contributed by atoms with van der Waals surface area (Å²) in [5.41, 5.74) is 5.44. The molecule has 0 unspecified atom stereocenters. The van der Waals surface area contributed by atoms with E-state index in [0.29, 0.717) is 5.92 Å². The van der Waals surface area contributed by atoms with Crippen LogP contribution < -0.4 is 0 Å². The molecule has 0 fully saturated rings. The van der Waals surface area contributed by atoms with Gasteiger partial charge in [0.15, 0.2) is 16.6 Å². The van der Waals surface area contributed by atoms with Crippen molar-refractivity contribution >= 4 is 39.8 Å². The van der Waals surface area contributed by atoms with Crippen molar-refractivity contribution in [3.05, 3.63) is 44.5 Å². The fourth-order valence-electron chi connectivity index (χ4n) is 4.06. The SMILES string of the molecule is CC(C1=CCC(Cl)=C1CCCO[Si](C)(C)C)C1=CCC(Cl)=C1CCCO[Si](C)(C)C.[Zr]. The Bertz CT molecular complexity index is 682. The van der Waals surface area contributed by atoms with Crippen LogP contribution in [0.15, 0.2) is 44.5 Å². The molecule has 2 rings (SSSR count). The van der Waals surface area contributed by atoms with E-state index < -0.39 is 16.6 Å². The predicted octanol–water partition coefficient (Wildman–Crippen LogP) is 8.53. The maximum Gasteiger partial charge on any atom is 0.183 e. The van der Waals surface area contributed by atoms with E-state index in [1.165, 1.54) is 22.3 Å². The van der Waals surface area contributed by atoms with Crippen molar-refractivity contribution in [2.45, 2.75) is 84.7 Å². The Hall–Kier alpha value is 0.777. The van der Waals surface area contributed by atoms with Crippen molar-refractivity contribution < 1.29 is 35.1 Å². The quantitative estimate of drug-likeness (QED) is 0.171. The van der Waals surface area contributed by atoms with Crippen LogP contribution in [0.1, 0.15) is 45.4 Å². The molecule has 0 radical (unpaired) electrons. The largest absolute Gasteiger partial charge is 0.418 e. The molecule has 2 aliphatic rings. The zero-order chi connectivity index (χ0) is 22.5. The van der Waals surface area contributed by atoms with Gasteiger partial charge in [-0.3, -0.25) is 0 Å². The third-order valence-electron chi connectivity index (χ3n) is 5.50. The molecule has 0 saturated heterocycles. The summed E-state index contributed by atoms with van der Waals surface area (Å²) in [6.07, 6.45) is 10.4. The molecule has 0 N–H and O–H groups in total. The average molecular weight is 579 g/mol. The van der Waals surface area contributed by atoms with Crippen LogP contribution in [0.25, 0.3) is 0 Å². The van der Waals surface area contributed by atoms with Crippen LogP contribution in [0.2, 0.25) is 39.3 Å². The summed E-state index contributed by atoms with van der Waals surface area (Å²) in [6, 6.07) is 0. The second-order valence-electron chi connectivity index (χ2n) is 10.3. The second-order valence-corrected chi connectivity index (χ2v) is 20.3. The Morgan fingerprint density at radius 2 is 1.13 bits per heavy atom. The van der Waals surface area contributed by atoms with E-state index in [2.05, 4.69) is 58.4 Å². The number of allylic oxidation sites excluding steroid dienone is 8. The molecule has 2 nitrogen and oxygen atoms in total. The van der Waals surface area contributed by atoms with E-state index in [1.54, 1.807) is 0 Å². The summed E-state index contributed by atoms with van der Waals surface area (Å²) in [7, 11) is -2.91. The summed E-state index contributed by atoms with van der Waals surface area (Å²) >= 11 is 13.3. The van der Waals surface area contributed by atoms with Gasteiger partial charge in [0, 0.05) is 68.2 Å². The molecule has 0 heterocycles. The van der Waals surface area contributed by atoms with Crippen molar-refractivity contribution in [1.29, 1.82) is 0 Å². The fourth-order valence-corrected chi connectivity index (χ4v) is 6.14. The van der Waals surface area contributed by atoms with Crippen molar-refractivity contribution in [2.75, 3.05) is 13.2 Å². The van der Waals surface area contributed by atoms with E-state index in [1.807, 2.05) is 0 Å². The first-order chi connectivity index (χ1) is 13.9. The molecular weight excluding hydrogens is 539 g/mol. The standard InChI is InChI=1S/C24H40Cl2O2Si2.Zr/c1-18(19-12-14-23(25)21(19)10-8-16-27-29(2,3)4)20-13-15-24(26)22(20)11-9-17-28-30(5,6)7;/h12-13,18H,8-11,14-17H2,1-7H3;. The van der Waals surface area contributed by atoms with E-state index in [0.717, 1.165) is 61.8 Å². The van der Waals surface area contributed by atoms with E-state index in [4.69, 9.17) is 32.1 Å². The third-order valence-corrected chi connectivity index (χ3v) is 8.40. The smallest absolute Gasteiger partial charge is 0.183 e. The van der Waals surface area contributed by atoms with Gasteiger partial charge in [0.25, 0.3) is 0 Å². The molecule has 0 aromatic rings. The normalized spacial score (nSPS) is 17.5. The minimum Gasteiger partial charge on any atom is -0.418 e. The monoisotopic (exact) mass is 576 g/mol. The van der Waals surface area contributed by atoms with Gasteiger partial charge in [-0.1, -0.05) is 42.3 Å². The summed E-state index contributed by atoms with van der Waals surface area (Å²) in [5.74, 6) is 0.332. The first kappa shape index (κ1) is 29.8. The molecule has 2 aliphatic carbocycles. The molecule has 0 saturated carbocycles. The van der Waals surface area contributed by atoms with Gasteiger partial charge in [0.2, 0.25) is 0 Å². The van der Waals surface area contributed by atoms with Crippen LogP contribution >= 0.6 is 23.2 Å². The summed E-state index contributed by atoms with van der Waals surface area (Å²) in [4.78, 5) is 0. The van der Waals surface area contributed by atoms with Crippen LogP contribution in [0.3, 0.4) is 0 Å². The molecule has 7 heteroatoms. The molecule has 0 aliphatic heterocycles. The molecule has 0 bridgehead atoms. The topological polar surface area (TPSA) is 18.5 Å². The van der Waals surface area contributed by atoms with Gasteiger partial charge in [0.05, 0.1) is 0 Å². The summed E-state index contributed by atoms with van der Waals surface area (Å²) in [6.45, 7) is 17.4. The predicted molar refractivity (Wildman–Crippen MR) is 137 cm³/mol. The van der Waals surface area contributed by atoms with E-state index in [9.17, 15) is 0 Å². The molecular formula is C24H40Cl2O2Si2Zr. The third kappa shape index (κ3) is 9.89.